The molecule has 3 unspecified atom stereocenters. The molecule has 0 saturated carbocycles. The van der Waals surface area contributed by atoms with Gasteiger partial charge in [0, 0.05) is 25.2 Å². The number of non-ortho nitro benzene ring substituents is 1. The molecule has 20 heavy (non-hydrogen) atoms. The van der Waals surface area contributed by atoms with Gasteiger partial charge < -0.3 is 9.64 Å². The van der Waals surface area contributed by atoms with Gasteiger partial charge in [0.2, 0.25) is 0 Å². The minimum Gasteiger partial charge on any atom is -0.461 e. The van der Waals surface area contributed by atoms with E-state index in [4.69, 9.17) is 4.74 Å². The smallest absolute Gasteiger partial charge is 0.310 e. The molecule has 0 spiro atoms. The molecule has 2 bridgehead atoms. The molecule has 2 saturated heterocycles. The number of rotatable bonds is 4. The summed E-state index contributed by atoms with van der Waals surface area (Å²) in [6.07, 6.45) is 1.08. The van der Waals surface area contributed by atoms with E-state index in [1.54, 1.807) is 12.1 Å². The Hall–Kier alpha value is -1.95. The van der Waals surface area contributed by atoms with Crippen molar-refractivity contribution in [3.8, 4) is 0 Å². The number of hydrogen-bond acceptors (Lipinski definition) is 5. The molecule has 6 nitrogen and oxygen atoms in total. The van der Waals surface area contributed by atoms with Gasteiger partial charge in [0.1, 0.15) is 6.61 Å². The zero-order valence-electron chi connectivity index (χ0n) is 11.0. The number of fused-ring (bicyclic) bond motifs is 2. The Balaban J connectivity index is 1.54. The van der Waals surface area contributed by atoms with Gasteiger partial charge in [-0.1, -0.05) is 0 Å². The normalized spacial score (nSPS) is 27.5. The molecule has 1 aromatic carbocycles. The number of carbonyl (C=O) groups excluding carboxylic acids is 1. The van der Waals surface area contributed by atoms with Crippen LogP contribution in [0, 0.1) is 22.0 Å². The summed E-state index contributed by atoms with van der Waals surface area (Å²) >= 11 is 0. The highest BCUT2D eigenvalue weighted by molar-refractivity contribution is 5.73. The molecule has 0 amide bonds. The van der Waals surface area contributed by atoms with Crippen molar-refractivity contribution in [2.24, 2.45) is 11.8 Å². The van der Waals surface area contributed by atoms with Gasteiger partial charge in [-0.3, -0.25) is 14.9 Å². The molecule has 0 N–H and O–H groups in total. The first kappa shape index (κ1) is 13.1. The highest BCUT2D eigenvalue weighted by Gasteiger charge is 2.42. The highest BCUT2D eigenvalue weighted by atomic mass is 16.6. The van der Waals surface area contributed by atoms with Crippen LogP contribution in [0.15, 0.2) is 24.3 Å². The average Bonchev–Trinajstić information content (AvgIpc) is 3.08. The Morgan fingerprint density at radius 3 is 2.65 bits per heavy atom. The molecule has 0 radical (unpaired) electrons. The fourth-order valence-electron chi connectivity index (χ4n) is 3.03. The van der Waals surface area contributed by atoms with Gasteiger partial charge in [-0.15, -0.1) is 0 Å². The summed E-state index contributed by atoms with van der Waals surface area (Å²) in [5, 5.41) is 10.5. The van der Waals surface area contributed by atoms with Gasteiger partial charge in [-0.25, -0.2) is 0 Å². The molecule has 2 aliphatic heterocycles. The third kappa shape index (κ3) is 2.51. The third-order valence-corrected chi connectivity index (χ3v) is 4.16. The summed E-state index contributed by atoms with van der Waals surface area (Å²) in [4.78, 5) is 24.4. The van der Waals surface area contributed by atoms with Crippen molar-refractivity contribution >= 4 is 11.7 Å². The van der Waals surface area contributed by atoms with Gasteiger partial charge in [0.15, 0.2) is 0 Å². The number of nitro groups is 1. The highest BCUT2D eigenvalue weighted by Crippen LogP contribution is 2.33. The number of ether oxygens (including phenoxy) is 1. The number of carbonyl (C=O) groups is 1. The first-order chi connectivity index (χ1) is 9.63. The van der Waals surface area contributed by atoms with Crippen molar-refractivity contribution in [3.63, 3.8) is 0 Å². The molecule has 6 heteroatoms. The standard InChI is InChI=1S/C14H16N2O4/c17-14(13-8-15-6-5-11(13)7-15)20-9-10-1-3-12(4-2-10)16(18)19/h1-4,11,13H,5-9H2. The summed E-state index contributed by atoms with van der Waals surface area (Å²) in [6.45, 7) is 3.10. The Bertz CT molecular complexity index is 528. The van der Waals surface area contributed by atoms with E-state index in [9.17, 15) is 14.9 Å². The second kappa shape index (κ2) is 5.20. The zero-order chi connectivity index (χ0) is 14.1. The van der Waals surface area contributed by atoms with E-state index in [1.165, 1.54) is 12.1 Å². The summed E-state index contributed by atoms with van der Waals surface area (Å²) in [6, 6.07) is 6.09. The maximum atomic E-state index is 12.0. The van der Waals surface area contributed by atoms with E-state index in [2.05, 4.69) is 4.90 Å². The number of nitro benzene ring substituents is 1. The summed E-state index contributed by atoms with van der Waals surface area (Å²) in [5.74, 6) is 0.303. The van der Waals surface area contributed by atoms with Crippen LogP contribution in [-0.2, 0) is 16.1 Å². The van der Waals surface area contributed by atoms with Crippen molar-refractivity contribution in [2.45, 2.75) is 13.0 Å². The fraction of sp³-hybridized carbons (Fsp3) is 0.500. The van der Waals surface area contributed by atoms with Crippen molar-refractivity contribution < 1.29 is 14.5 Å². The molecule has 3 atom stereocenters. The number of benzene rings is 1. The van der Waals surface area contributed by atoms with Gasteiger partial charge >= 0.3 is 5.97 Å². The maximum Gasteiger partial charge on any atom is 0.310 e. The van der Waals surface area contributed by atoms with Gasteiger partial charge in [0.25, 0.3) is 5.69 Å². The average molecular weight is 276 g/mol. The van der Waals surface area contributed by atoms with Crippen LogP contribution >= 0.6 is 0 Å². The number of hydrogen-bond donors (Lipinski definition) is 0. The Kier molecular flexibility index (Phi) is 3.40. The van der Waals surface area contributed by atoms with Crippen LogP contribution < -0.4 is 0 Å². The molecule has 3 rings (SSSR count). The largest absolute Gasteiger partial charge is 0.461 e. The van der Waals surface area contributed by atoms with Crippen molar-refractivity contribution in [2.75, 3.05) is 19.6 Å². The maximum absolute atomic E-state index is 12.0. The Morgan fingerprint density at radius 1 is 1.35 bits per heavy atom. The van der Waals surface area contributed by atoms with E-state index in [0.717, 1.165) is 31.6 Å². The van der Waals surface area contributed by atoms with E-state index < -0.39 is 4.92 Å². The van der Waals surface area contributed by atoms with Crippen LogP contribution in [-0.4, -0.2) is 35.4 Å². The van der Waals surface area contributed by atoms with Gasteiger partial charge in [-0.2, -0.15) is 0 Å². The monoisotopic (exact) mass is 276 g/mol. The second-order valence-corrected chi connectivity index (χ2v) is 5.45. The molecular formula is C14H16N2O4. The quantitative estimate of drug-likeness (QED) is 0.474. The zero-order valence-corrected chi connectivity index (χ0v) is 11.0. The minimum atomic E-state index is -0.445. The van der Waals surface area contributed by atoms with Crippen LogP contribution in [0.3, 0.4) is 0 Å². The van der Waals surface area contributed by atoms with Gasteiger partial charge in [-0.05, 0) is 36.6 Å². The molecule has 2 heterocycles. The van der Waals surface area contributed by atoms with E-state index in [-0.39, 0.29) is 24.2 Å². The first-order valence-corrected chi connectivity index (χ1v) is 6.76. The number of piperidine rings is 1. The molecule has 2 aliphatic rings. The lowest BCUT2D eigenvalue weighted by atomic mass is 9.93. The predicted molar refractivity (Wildman–Crippen MR) is 70.9 cm³/mol. The van der Waals surface area contributed by atoms with Crippen LogP contribution in [0.4, 0.5) is 5.69 Å². The topological polar surface area (TPSA) is 72.7 Å². The second-order valence-electron chi connectivity index (χ2n) is 5.45. The molecular weight excluding hydrogens is 260 g/mol. The van der Waals surface area contributed by atoms with E-state index >= 15 is 0 Å². The molecule has 0 aliphatic carbocycles. The van der Waals surface area contributed by atoms with Crippen LogP contribution in [0.1, 0.15) is 12.0 Å². The van der Waals surface area contributed by atoms with Crippen molar-refractivity contribution in [1.29, 1.82) is 0 Å². The molecule has 1 aromatic rings. The summed E-state index contributed by atoms with van der Waals surface area (Å²) < 4.78 is 5.33. The van der Waals surface area contributed by atoms with E-state index in [0.29, 0.717) is 5.92 Å². The van der Waals surface area contributed by atoms with Crippen LogP contribution in [0.5, 0.6) is 0 Å². The lowest BCUT2D eigenvalue weighted by molar-refractivity contribution is -0.384. The van der Waals surface area contributed by atoms with Gasteiger partial charge in [0.05, 0.1) is 10.8 Å². The van der Waals surface area contributed by atoms with Crippen LogP contribution in [0.2, 0.25) is 0 Å². The first-order valence-electron chi connectivity index (χ1n) is 6.76. The third-order valence-electron chi connectivity index (χ3n) is 4.16. The lowest BCUT2D eigenvalue weighted by Crippen LogP contribution is -2.30. The van der Waals surface area contributed by atoms with Crippen molar-refractivity contribution in [3.05, 3.63) is 39.9 Å². The van der Waals surface area contributed by atoms with E-state index in [1.807, 2.05) is 0 Å². The number of esters is 1. The summed E-state index contributed by atoms with van der Waals surface area (Å²) in [5.41, 5.74) is 0.813. The molecule has 2 fully saturated rings. The summed E-state index contributed by atoms with van der Waals surface area (Å²) in [7, 11) is 0. The Labute approximate surface area is 116 Å². The Morgan fingerprint density at radius 2 is 2.10 bits per heavy atom. The fourth-order valence-corrected chi connectivity index (χ4v) is 3.03. The lowest BCUT2D eigenvalue weighted by Gasteiger charge is -2.20. The SMILES string of the molecule is O=C(OCc1ccc([N+](=O)[O-])cc1)C1CN2CCC1C2. The predicted octanol–water partition coefficient (Wildman–Crippen LogP) is 1.59. The van der Waals surface area contributed by atoms with Crippen molar-refractivity contribution in [1.82, 2.24) is 4.90 Å². The number of nitrogens with zero attached hydrogens (tertiary/aromatic N) is 2. The molecule has 106 valence electrons. The molecule has 0 aromatic heterocycles. The van der Waals surface area contributed by atoms with Crippen LogP contribution in [0.25, 0.3) is 0 Å². The minimum absolute atomic E-state index is 0.00167.